The van der Waals surface area contributed by atoms with Crippen molar-refractivity contribution < 1.29 is 4.74 Å². The molecule has 2 rings (SSSR count). The van der Waals surface area contributed by atoms with Gasteiger partial charge in [-0.3, -0.25) is 0 Å². The molecular weight excluding hydrogens is 240 g/mol. The van der Waals surface area contributed by atoms with Gasteiger partial charge in [-0.2, -0.15) is 4.98 Å². The average Bonchev–Trinajstić information content (AvgIpc) is 2.44. The molecule has 0 radical (unpaired) electrons. The van der Waals surface area contributed by atoms with Crippen molar-refractivity contribution in [1.82, 2.24) is 15.3 Å². The minimum atomic E-state index is 0.467. The molecule has 106 valence electrons. The van der Waals surface area contributed by atoms with Crippen LogP contribution in [0.15, 0.2) is 6.07 Å². The zero-order chi connectivity index (χ0) is 13.7. The highest BCUT2D eigenvalue weighted by molar-refractivity contribution is 5.35. The largest absolute Gasteiger partial charge is 0.478 e. The second kappa shape index (κ2) is 6.70. The lowest BCUT2D eigenvalue weighted by Gasteiger charge is -2.31. The molecule has 0 bridgehead atoms. The fourth-order valence-electron chi connectivity index (χ4n) is 2.29. The first kappa shape index (κ1) is 14.1. The highest BCUT2D eigenvalue weighted by Crippen LogP contribution is 2.19. The van der Waals surface area contributed by atoms with Gasteiger partial charge in [0.15, 0.2) is 0 Å². The lowest BCUT2D eigenvalue weighted by Crippen LogP contribution is -2.44. The van der Waals surface area contributed by atoms with Crippen molar-refractivity contribution in [3.05, 3.63) is 11.8 Å². The van der Waals surface area contributed by atoms with E-state index in [4.69, 9.17) is 4.74 Å². The zero-order valence-electron chi connectivity index (χ0n) is 12.1. The van der Waals surface area contributed by atoms with Gasteiger partial charge in [0.1, 0.15) is 0 Å². The van der Waals surface area contributed by atoms with Crippen LogP contribution in [0.4, 0.5) is 5.95 Å². The predicted molar refractivity (Wildman–Crippen MR) is 76.8 cm³/mol. The number of nitrogens with zero attached hydrogens (tertiary/aromatic N) is 3. The standard InChI is InChI=1S/C14H24N4O/c1-4-8-19-13-9-11(2)16-14(17-13)18(3)12-6-5-7-15-10-12/h9,12,15H,4-8,10H2,1-3H3. The van der Waals surface area contributed by atoms with Gasteiger partial charge in [0.25, 0.3) is 0 Å². The van der Waals surface area contributed by atoms with E-state index in [1.54, 1.807) is 0 Å². The van der Waals surface area contributed by atoms with Crippen molar-refractivity contribution in [3.8, 4) is 5.88 Å². The van der Waals surface area contributed by atoms with Crippen LogP contribution >= 0.6 is 0 Å². The molecule has 0 amide bonds. The van der Waals surface area contributed by atoms with Gasteiger partial charge in [0.05, 0.1) is 6.61 Å². The van der Waals surface area contributed by atoms with Crippen molar-refractivity contribution in [2.75, 3.05) is 31.6 Å². The molecule has 0 aromatic carbocycles. The van der Waals surface area contributed by atoms with Crippen LogP contribution in [0.3, 0.4) is 0 Å². The molecule has 2 heterocycles. The average molecular weight is 264 g/mol. The third-order valence-corrected chi connectivity index (χ3v) is 3.41. The highest BCUT2D eigenvalue weighted by atomic mass is 16.5. The molecule has 1 unspecified atom stereocenters. The number of rotatable bonds is 5. The molecule has 0 spiro atoms. The Kier molecular flexibility index (Phi) is 4.96. The van der Waals surface area contributed by atoms with Gasteiger partial charge in [0.2, 0.25) is 11.8 Å². The Hall–Kier alpha value is -1.36. The van der Waals surface area contributed by atoms with Gasteiger partial charge in [-0.15, -0.1) is 0 Å². The lowest BCUT2D eigenvalue weighted by atomic mass is 10.1. The molecule has 1 saturated heterocycles. The fourth-order valence-corrected chi connectivity index (χ4v) is 2.29. The van der Waals surface area contributed by atoms with Gasteiger partial charge in [-0.25, -0.2) is 4.98 Å². The van der Waals surface area contributed by atoms with E-state index in [0.29, 0.717) is 18.5 Å². The summed E-state index contributed by atoms with van der Waals surface area (Å²) in [7, 11) is 2.07. The zero-order valence-corrected chi connectivity index (χ0v) is 12.1. The summed E-state index contributed by atoms with van der Waals surface area (Å²) in [5.41, 5.74) is 0.951. The Morgan fingerprint density at radius 3 is 3.00 bits per heavy atom. The van der Waals surface area contributed by atoms with Crippen LogP contribution < -0.4 is 15.0 Å². The third-order valence-electron chi connectivity index (χ3n) is 3.41. The summed E-state index contributed by atoms with van der Waals surface area (Å²) in [5, 5.41) is 3.42. The van der Waals surface area contributed by atoms with Crippen molar-refractivity contribution in [2.24, 2.45) is 0 Å². The molecule has 1 atom stereocenters. The molecule has 5 heteroatoms. The molecule has 1 fully saturated rings. The molecule has 1 aliphatic heterocycles. The maximum absolute atomic E-state index is 5.62. The van der Waals surface area contributed by atoms with E-state index in [1.165, 1.54) is 12.8 Å². The van der Waals surface area contributed by atoms with Crippen LogP contribution in [-0.4, -0.2) is 42.8 Å². The van der Waals surface area contributed by atoms with Gasteiger partial charge >= 0.3 is 0 Å². The smallest absolute Gasteiger partial charge is 0.228 e. The number of likely N-dealkylation sites (N-methyl/N-ethyl adjacent to an activating group) is 1. The topological polar surface area (TPSA) is 50.3 Å². The lowest BCUT2D eigenvalue weighted by molar-refractivity contribution is 0.304. The van der Waals surface area contributed by atoms with E-state index < -0.39 is 0 Å². The summed E-state index contributed by atoms with van der Waals surface area (Å²) >= 11 is 0. The van der Waals surface area contributed by atoms with E-state index in [0.717, 1.165) is 31.2 Å². The predicted octanol–water partition coefficient (Wildman–Crippen LogP) is 1.76. The molecule has 19 heavy (non-hydrogen) atoms. The second-order valence-electron chi connectivity index (χ2n) is 5.11. The van der Waals surface area contributed by atoms with Crippen molar-refractivity contribution in [2.45, 2.75) is 39.2 Å². The number of aromatic nitrogens is 2. The number of aryl methyl sites for hydroxylation is 1. The first-order valence-electron chi connectivity index (χ1n) is 7.12. The summed E-state index contributed by atoms with van der Waals surface area (Å²) in [6.07, 6.45) is 3.38. The van der Waals surface area contributed by atoms with Crippen molar-refractivity contribution in [3.63, 3.8) is 0 Å². The van der Waals surface area contributed by atoms with E-state index in [-0.39, 0.29) is 0 Å². The van der Waals surface area contributed by atoms with Crippen molar-refractivity contribution in [1.29, 1.82) is 0 Å². The minimum absolute atomic E-state index is 0.467. The number of anilines is 1. The number of piperidine rings is 1. The van der Waals surface area contributed by atoms with Crippen LogP contribution in [0.5, 0.6) is 5.88 Å². The van der Waals surface area contributed by atoms with Crippen LogP contribution in [0, 0.1) is 6.92 Å². The first-order chi connectivity index (χ1) is 9.20. The van der Waals surface area contributed by atoms with Gasteiger partial charge in [-0.05, 0) is 32.7 Å². The van der Waals surface area contributed by atoms with Crippen molar-refractivity contribution >= 4 is 5.95 Å². The van der Waals surface area contributed by atoms with E-state index in [9.17, 15) is 0 Å². The Bertz CT molecular complexity index is 404. The monoisotopic (exact) mass is 264 g/mol. The summed E-state index contributed by atoms with van der Waals surface area (Å²) in [4.78, 5) is 11.2. The molecule has 1 aromatic heterocycles. The number of hydrogen-bond donors (Lipinski definition) is 1. The SMILES string of the molecule is CCCOc1cc(C)nc(N(C)C2CCCNC2)n1. The summed E-state index contributed by atoms with van der Waals surface area (Å²) < 4.78 is 5.62. The maximum Gasteiger partial charge on any atom is 0.228 e. The summed E-state index contributed by atoms with van der Waals surface area (Å²) in [5.74, 6) is 1.44. The number of nitrogens with one attached hydrogen (secondary N) is 1. The van der Waals surface area contributed by atoms with Crippen LogP contribution in [0.1, 0.15) is 31.9 Å². The van der Waals surface area contributed by atoms with Crippen LogP contribution in [0.2, 0.25) is 0 Å². The molecule has 5 nitrogen and oxygen atoms in total. The van der Waals surface area contributed by atoms with Crippen LogP contribution in [0.25, 0.3) is 0 Å². The molecular formula is C14H24N4O. The number of hydrogen-bond acceptors (Lipinski definition) is 5. The second-order valence-corrected chi connectivity index (χ2v) is 5.11. The Morgan fingerprint density at radius 1 is 1.47 bits per heavy atom. The molecule has 0 aliphatic carbocycles. The fraction of sp³-hybridized carbons (Fsp3) is 0.714. The molecule has 1 aliphatic rings. The van der Waals surface area contributed by atoms with Gasteiger partial charge in [0, 0.05) is 31.4 Å². The third kappa shape index (κ3) is 3.80. The normalized spacial score (nSPS) is 19.2. The number of ether oxygens (including phenoxy) is 1. The Balaban J connectivity index is 2.11. The Labute approximate surface area is 115 Å². The van der Waals surface area contributed by atoms with Crippen LogP contribution in [-0.2, 0) is 0 Å². The molecule has 1 N–H and O–H groups in total. The van der Waals surface area contributed by atoms with Gasteiger partial charge in [-0.1, -0.05) is 6.92 Å². The quantitative estimate of drug-likeness (QED) is 0.878. The summed E-state index contributed by atoms with van der Waals surface area (Å²) in [6, 6.07) is 2.36. The van der Waals surface area contributed by atoms with E-state index in [1.807, 2.05) is 13.0 Å². The maximum atomic E-state index is 5.62. The molecule has 1 aromatic rings. The minimum Gasteiger partial charge on any atom is -0.478 e. The Morgan fingerprint density at radius 2 is 2.32 bits per heavy atom. The highest BCUT2D eigenvalue weighted by Gasteiger charge is 2.20. The van der Waals surface area contributed by atoms with E-state index in [2.05, 4.69) is 34.2 Å². The first-order valence-corrected chi connectivity index (χ1v) is 7.12. The summed E-state index contributed by atoms with van der Waals surface area (Å²) in [6.45, 7) is 6.89. The van der Waals surface area contributed by atoms with E-state index >= 15 is 0 Å². The van der Waals surface area contributed by atoms with Gasteiger partial charge < -0.3 is 15.0 Å². The molecule has 0 saturated carbocycles.